The maximum Gasteiger partial charge on any atom is 0.416 e. The van der Waals surface area contributed by atoms with Crippen LogP contribution in [-0.2, 0) is 38.3 Å². The van der Waals surface area contributed by atoms with Gasteiger partial charge in [-0.25, -0.2) is 4.79 Å². The van der Waals surface area contributed by atoms with Crippen LogP contribution in [0.2, 0.25) is 0 Å². The number of hydrogen-bond acceptors (Lipinski definition) is 4. The van der Waals surface area contributed by atoms with Crippen molar-refractivity contribution in [3.8, 4) is 0 Å². The van der Waals surface area contributed by atoms with E-state index in [1.807, 2.05) is 30.3 Å². The fourth-order valence-corrected chi connectivity index (χ4v) is 2.52. The minimum atomic E-state index is -4.49. The Morgan fingerprint density at radius 3 is 2.36 bits per heavy atom. The molecule has 0 bridgehead atoms. The Bertz CT molecular complexity index is 794. The molecular weight excluding hydrogens is 375 g/mol. The topological polar surface area (TPSA) is 64.6 Å². The predicted molar refractivity (Wildman–Crippen MR) is 95.2 cm³/mol. The van der Waals surface area contributed by atoms with Crippen molar-refractivity contribution in [3.63, 3.8) is 0 Å². The fourth-order valence-electron chi connectivity index (χ4n) is 2.52. The third-order valence-electron chi connectivity index (χ3n) is 3.86. The van der Waals surface area contributed by atoms with Crippen LogP contribution in [0, 0.1) is 0 Å². The highest BCUT2D eigenvalue weighted by molar-refractivity contribution is 5.85. The zero-order chi connectivity index (χ0) is 20.6. The predicted octanol–water partition coefficient (Wildman–Crippen LogP) is 3.12. The van der Waals surface area contributed by atoms with Gasteiger partial charge in [0.05, 0.1) is 19.3 Å². The number of amides is 1. The molecule has 0 aliphatic carbocycles. The van der Waals surface area contributed by atoms with Crippen molar-refractivity contribution in [2.24, 2.45) is 0 Å². The molecule has 0 aromatic heterocycles. The number of alkyl halides is 3. The van der Waals surface area contributed by atoms with Crippen LogP contribution >= 0.6 is 0 Å². The van der Waals surface area contributed by atoms with Crippen molar-refractivity contribution < 1.29 is 32.2 Å². The van der Waals surface area contributed by atoms with Gasteiger partial charge in [-0.05, 0) is 17.2 Å². The third kappa shape index (κ3) is 6.70. The second kappa shape index (κ2) is 9.89. The van der Waals surface area contributed by atoms with Crippen molar-refractivity contribution >= 4 is 11.9 Å². The Balaban J connectivity index is 1.96. The van der Waals surface area contributed by atoms with Crippen molar-refractivity contribution in [3.05, 3.63) is 71.3 Å². The second-order valence-corrected chi connectivity index (χ2v) is 6.02. The zero-order valence-electron chi connectivity index (χ0n) is 15.2. The van der Waals surface area contributed by atoms with Gasteiger partial charge in [-0.15, -0.1) is 0 Å². The molecule has 0 spiro atoms. The highest BCUT2D eigenvalue weighted by atomic mass is 19.4. The summed E-state index contributed by atoms with van der Waals surface area (Å²) in [5.41, 5.74) is 0.297. The molecule has 0 saturated heterocycles. The van der Waals surface area contributed by atoms with E-state index in [1.165, 1.54) is 12.1 Å². The third-order valence-corrected chi connectivity index (χ3v) is 3.86. The number of hydrogen-bond donors (Lipinski definition) is 1. The number of carbonyl (C=O) groups is 2. The molecule has 0 saturated carbocycles. The molecule has 2 rings (SSSR count). The van der Waals surface area contributed by atoms with Gasteiger partial charge in [-0.1, -0.05) is 48.5 Å². The summed E-state index contributed by atoms with van der Waals surface area (Å²) < 4.78 is 48.5. The van der Waals surface area contributed by atoms with Gasteiger partial charge in [-0.2, -0.15) is 13.2 Å². The fraction of sp³-hybridized carbons (Fsp3) is 0.300. The Morgan fingerprint density at radius 1 is 1.04 bits per heavy atom. The van der Waals surface area contributed by atoms with E-state index in [-0.39, 0.29) is 25.2 Å². The molecule has 1 atom stereocenters. The molecule has 0 aliphatic heterocycles. The Kier molecular flexibility index (Phi) is 7.57. The molecular formula is C20H20F3NO4. The number of benzene rings is 2. The Morgan fingerprint density at radius 2 is 1.71 bits per heavy atom. The first-order valence-electron chi connectivity index (χ1n) is 8.44. The van der Waals surface area contributed by atoms with Gasteiger partial charge < -0.3 is 14.8 Å². The van der Waals surface area contributed by atoms with Crippen molar-refractivity contribution in [2.75, 3.05) is 13.7 Å². The highest BCUT2D eigenvalue weighted by Gasteiger charge is 2.31. The largest absolute Gasteiger partial charge is 0.467 e. The van der Waals surface area contributed by atoms with E-state index in [9.17, 15) is 22.8 Å². The van der Waals surface area contributed by atoms with Crippen molar-refractivity contribution in [2.45, 2.75) is 25.2 Å². The summed E-state index contributed by atoms with van der Waals surface area (Å²) in [6, 6.07) is 12.6. The summed E-state index contributed by atoms with van der Waals surface area (Å²) in [5.74, 6) is -1.33. The molecule has 0 heterocycles. The quantitative estimate of drug-likeness (QED) is 0.698. The normalized spacial score (nSPS) is 12.3. The van der Waals surface area contributed by atoms with Crippen LogP contribution in [0.4, 0.5) is 13.2 Å². The average molecular weight is 395 g/mol. The van der Waals surface area contributed by atoms with Gasteiger partial charge in [-0.3, -0.25) is 4.79 Å². The molecule has 1 amide bonds. The summed E-state index contributed by atoms with van der Waals surface area (Å²) in [5, 5.41) is 2.44. The van der Waals surface area contributed by atoms with Crippen LogP contribution in [0.1, 0.15) is 16.7 Å². The molecule has 150 valence electrons. The van der Waals surface area contributed by atoms with E-state index in [2.05, 4.69) is 10.1 Å². The van der Waals surface area contributed by atoms with E-state index in [0.29, 0.717) is 0 Å². The first-order valence-corrected chi connectivity index (χ1v) is 8.44. The number of rotatable bonds is 8. The summed E-state index contributed by atoms with van der Waals surface area (Å²) in [7, 11) is 1.14. The van der Waals surface area contributed by atoms with Crippen LogP contribution in [0.15, 0.2) is 54.6 Å². The smallest absolute Gasteiger partial charge is 0.416 e. The standard InChI is InChI=1S/C20H20F3NO4/c1-27-19(26)17(11-15-8-5-9-16(10-15)20(21,22)23)24-18(25)13-28-12-14-6-3-2-4-7-14/h2-10,17H,11-13H2,1H3,(H,24,25)/t17-/m0/s1. The molecule has 2 aromatic rings. The summed E-state index contributed by atoms with van der Waals surface area (Å²) in [6.45, 7) is -0.0875. The van der Waals surface area contributed by atoms with E-state index < -0.39 is 29.7 Å². The number of nitrogens with one attached hydrogen (secondary N) is 1. The van der Waals surface area contributed by atoms with Crippen LogP contribution < -0.4 is 5.32 Å². The maximum absolute atomic E-state index is 12.8. The summed E-state index contributed by atoms with van der Waals surface area (Å²) >= 11 is 0. The molecule has 1 N–H and O–H groups in total. The lowest BCUT2D eigenvalue weighted by Crippen LogP contribution is -2.44. The minimum Gasteiger partial charge on any atom is -0.467 e. The van der Waals surface area contributed by atoms with E-state index in [1.54, 1.807) is 0 Å². The molecule has 0 aliphatic rings. The Hall–Kier alpha value is -2.87. The lowest BCUT2D eigenvalue weighted by molar-refractivity contribution is -0.145. The Labute approximate surface area is 160 Å². The van der Waals surface area contributed by atoms with E-state index >= 15 is 0 Å². The van der Waals surface area contributed by atoms with Crippen LogP contribution in [-0.4, -0.2) is 31.6 Å². The average Bonchev–Trinajstić information content (AvgIpc) is 2.67. The van der Waals surface area contributed by atoms with Gasteiger partial charge in [0.25, 0.3) is 0 Å². The molecule has 5 nitrogen and oxygen atoms in total. The second-order valence-electron chi connectivity index (χ2n) is 6.02. The monoisotopic (exact) mass is 395 g/mol. The minimum absolute atomic E-state index is 0.138. The highest BCUT2D eigenvalue weighted by Crippen LogP contribution is 2.29. The summed E-state index contributed by atoms with van der Waals surface area (Å²) in [6.07, 6.45) is -4.63. The summed E-state index contributed by atoms with van der Waals surface area (Å²) in [4.78, 5) is 24.0. The van der Waals surface area contributed by atoms with E-state index in [0.717, 1.165) is 24.8 Å². The van der Waals surface area contributed by atoms with Crippen LogP contribution in [0.25, 0.3) is 0 Å². The van der Waals surface area contributed by atoms with Crippen LogP contribution in [0.5, 0.6) is 0 Å². The van der Waals surface area contributed by atoms with Gasteiger partial charge in [0, 0.05) is 6.42 Å². The molecule has 8 heteroatoms. The lowest BCUT2D eigenvalue weighted by atomic mass is 10.0. The van der Waals surface area contributed by atoms with Gasteiger partial charge in [0.15, 0.2) is 0 Å². The SMILES string of the molecule is COC(=O)[C@H](Cc1cccc(C(F)(F)F)c1)NC(=O)COCc1ccccc1. The first-order chi connectivity index (χ1) is 13.3. The maximum atomic E-state index is 12.8. The van der Waals surface area contributed by atoms with E-state index in [4.69, 9.17) is 4.74 Å². The van der Waals surface area contributed by atoms with Crippen LogP contribution in [0.3, 0.4) is 0 Å². The molecule has 0 fully saturated rings. The first kappa shape index (κ1) is 21.4. The molecule has 0 radical (unpaired) electrons. The number of esters is 1. The number of carbonyl (C=O) groups excluding carboxylic acids is 2. The lowest BCUT2D eigenvalue weighted by Gasteiger charge is -2.17. The molecule has 2 aromatic carbocycles. The number of halogens is 3. The molecule has 28 heavy (non-hydrogen) atoms. The van der Waals surface area contributed by atoms with Crippen molar-refractivity contribution in [1.82, 2.24) is 5.32 Å². The van der Waals surface area contributed by atoms with Gasteiger partial charge >= 0.3 is 12.1 Å². The van der Waals surface area contributed by atoms with Gasteiger partial charge in [0.1, 0.15) is 12.6 Å². The van der Waals surface area contributed by atoms with Crippen molar-refractivity contribution in [1.29, 1.82) is 0 Å². The number of ether oxygens (including phenoxy) is 2. The number of methoxy groups -OCH3 is 1. The van der Waals surface area contributed by atoms with Gasteiger partial charge in [0.2, 0.25) is 5.91 Å². The molecule has 0 unspecified atom stereocenters. The zero-order valence-corrected chi connectivity index (χ0v) is 15.2.